The minimum Gasteiger partial charge on any atom is -0.339 e. The number of nitrogens with zero attached hydrogens (tertiary/aromatic N) is 3. The maximum absolute atomic E-state index is 14.3. The van der Waals surface area contributed by atoms with Crippen molar-refractivity contribution in [3.8, 4) is 0 Å². The molecular weight excluding hydrogens is 429 g/mol. The molecule has 32 heavy (non-hydrogen) atoms. The maximum atomic E-state index is 14.3. The summed E-state index contributed by atoms with van der Waals surface area (Å²) in [6, 6.07) is 15.9. The lowest BCUT2D eigenvalue weighted by molar-refractivity contribution is -0.134. The van der Waals surface area contributed by atoms with E-state index < -0.39 is 10.0 Å². The summed E-state index contributed by atoms with van der Waals surface area (Å²) in [4.78, 5) is 16.8. The Labute approximate surface area is 189 Å². The first-order chi connectivity index (χ1) is 15.3. The molecule has 1 amide bonds. The van der Waals surface area contributed by atoms with Crippen molar-refractivity contribution in [2.75, 3.05) is 32.7 Å². The molecule has 1 unspecified atom stereocenters. The lowest BCUT2D eigenvalue weighted by Crippen LogP contribution is -2.53. The second-order valence-corrected chi connectivity index (χ2v) is 10.6. The van der Waals surface area contributed by atoms with Crippen molar-refractivity contribution in [2.24, 2.45) is 0 Å². The van der Waals surface area contributed by atoms with Gasteiger partial charge in [0.05, 0.1) is 12.3 Å². The van der Waals surface area contributed by atoms with E-state index in [2.05, 4.69) is 4.90 Å². The van der Waals surface area contributed by atoms with E-state index in [9.17, 15) is 17.6 Å². The van der Waals surface area contributed by atoms with Gasteiger partial charge in [-0.2, -0.15) is 4.31 Å². The van der Waals surface area contributed by atoms with E-state index in [1.807, 2.05) is 31.2 Å². The lowest BCUT2D eigenvalue weighted by atomic mass is 10.1. The Kier molecular flexibility index (Phi) is 6.93. The number of carbonyl (C=O) groups is 1. The minimum atomic E-state index is -3.42. The Morgan fingerprint density at radius 2 is 1.66 bits per heavy atom. The van der Waals surface area contributed by atoms with Gasteiger partial charge in [-0.3, -0.25) is 9.69 Å². The lowest BCUT2D eigenvalue weighted by Gasteiger charge is -2.36. The molecule has 1 aliphatic carbocycles. The summed E-state index contributed by atoms with van der Waals surface area (Å²) < 4.78 is 41.3. The molecule has 2 fully saturated rings. The highest BCUT2D eigenvalue weighted by atomic mass is 32.2. The van der Waals surface area contributed by atoms with Crippen molar-refractivity contribution in [3.05, 3.63) is 71.5 Å². The van der Waals surface area contributed by atoms with Crippen LogP contribution in [0.4, 0.5) is 4.39 Å². The van der Waals surface area contributed by atoms with Crippen LogP contribution in [0.25, 0.3) is 0 Å². The molecule has 1 aliphatic heterocycles. The standard InChI is InChI=1S/C24H30FN3O3S/c1-19(22-9-5-6-10-23(22)25)28(21-11-12-21)17-24(29)26-13-15-27(16-14-26)32(30,31)18-20-7-3-2-4-8-20/h2-10,19,21H,11-18H2,1H3. The summed E-state index contributed by atoms with van der Waals surface area (Å²) in [6.45, 7) is 3.51. The molecule has 2 aliphatic rings. The van der Waals surface area contributed by atoms with E-state index >= 15 is 0 Å². The first-order valence-corrected chi connectivity index (χ1v) is 12.8. The summed E-state index contributed by atoms with van der Waals surface area (Å²) in [5, 5.41) is 0. The summed E-state index contributed by atoms with van der Waals surface area (Å²) >= 11 is 0. The van der Waals surface area contributed by atoms with Crippen LogP contribution in [0, 0.1) is 5.82 Å². The maximum Gasteiger partial charge on any atom is 0.236 e. The summed E-state index contributed by atoms with van der Waals surface area (Å²) in [6.07, 6.45) is 2.02. The second-order valence-electron chi connectivity index (χ2n) is 8.62. The summed E-state index contributed by atoms with van der Waals surface area (Å²) in [5.74, 6) is -0.312. The van der Waals surface area contributed by atoms with Crippen LogP contribution in [0.15, 0.2) is 54.6 Å². The van der Waals surface area contributed by atoms with E-state index in [1.165, 1.54) is 10.4 Å². The van der Waals surface area contributed by atoms with Crippen LogP contribution < -0.4 is 0 Å². The first kappa shape index (κ1) is 22.9. The van der Waals surface area contributed by atoms with E-state index in [-0.39, 0.29) is 30.1 Å². The normalized spacial score (nSPS) is 18.7. The molecule has 0 aromatic heterocycles. The highest BCUT2D eigenvalue weighted by molar-refractivity contribution is 7.88. The van der Waals surface area contributed by atoms with Gasteiger partial charge < -0.3 is 4.90 Å². The van der Waals surface area contributed by atoms with E-state index in [1.54, 1.807) is 29.2 Å². The zero-order valence-corrected chi connectivity index (χ0v) is 19.2. The average molecular weight is 460 g/mol. The number of sulfonamides is 1. The molecule has 6 nitrogen and oxygen atoms in total. The van der Waals surface area contributed by atoms with Crippen LogP contribution in [0.2, 0.25) is 0 Å². The predicted molar refractivity (Wildman–Crippen MR) is 122 cm³/mol. The second kappa shape index (κ2) is 9.68. The molecule has 2 aromatic rings. The molecule has 0 bridgehead atoms. The Morgan fingerprint density at radius 3 is 2.28 bits per heavy atom. The fourth-order valence-electron chi connectivity index (χ4n) is 4.33. The van der Waals surface area contributed by atoms with Gasteiger partial charge >= 0.3 is 0 Å². The monoisotopic (exact) mass is 459 g/mol. The fourth-order valence-corrected chi connectivity index (χ4v) is 5.84. The van der Waals surface area contributed by atoms with Gasteiger partial charge in [0.25, 0.3) is 0 Å². The molecule has 8 heteroatoms. The quantitative estimate of drug-likeness (QED) is 0.609. The fraction of sp³-hybridized carbons (Fsp3) is 0.458. The Hall–Kier alpha value is -2.29. The van der Waals surface area contributed by atoms with Crippen molar-refractivity contribution >= 4 is 15.9 Å². The first-order valence-electron chi connectivity index (χ1n) is 11.1. The molecule has 1 heterocycles. The van der Waals surface area contributed by atoms with Crippen LogP contribution in [-0.4, -0.2) is 67.2 Å². The molecule has 1 saturated heterocycles. The van der Waals surface area contributed by atoms with Gasteiger partial charge in [-0.15, -0.1) is 0 Å². The Balaban J connectivity index is 1.35. The third kappa shape index (κ3) is 5.36. The minimum absolute atomic E-state index is 0.0276. The number of piperazine rings is 1. The van der Waals surface area contributed by atoms with Crippen molar-refractivity contribution < 1.29 is 17.6 Å². The van der Waals surface area contributed by atoms with Crippen molar-refractivity contribution in [3.63, 3.8) is 0 Å². The predicted octanol–water partition coefficient (Wildman–Crippen LogP) is 3.03. The molecule has 0 spiro atoms. The molecule has 1 saturated carbocycles. The van der Waals surface area contributed by atoms with Gasteiger partial charge in [0, 0.05) is 43.8 Å². The van der Waals surface area contributed by atoms with Crippen LogP contribution in [-0.2, 0) is 20.6 Å². The number of hydrogen-bond donors (Lipinski definition) is 0. The number of rotatable bonds is 8. The van der Waals surface area contributed by atoms with E-state index in [0.29, 0.717) is 37.8 Å². The van der Waals surface area contributed by atoms with E-state index in [4.69, 9.17) is 0 Å². The third-order valence-electron chi connectivity index (χ3n) is 6.36. The number of hydrogen-bond acceptors (Lipinski definition) is 4. The Bertz CT molecular complexity index is 1040. The number of amides is 1. The van der Waals surface area contributed by atoms with Gasteiger partial charge in [0.15, 0.2) is 0 Å². The van der Waals surface area contributed by atoms with Gasteiger partial charge in [-0.1, -0.05) is 48.5 Å². The number of halogens is 1. The zero-order chi connectivity index (χ0) is 22.7. The molecule has 2 aromatic carbocycles. The van der Waals surface area contributed by atoms with Gasteiger partial charge in [-0.05, 0) is 31.4 Å². The van der Waals surface area contributed by atoms with Gasteiger partial charge in [-0.25, -0.2) is 12.8 Å². The molecule has 0 radical (unpaired) electrons. The third-order valence-corrected chi connectivity index (χ3v) is 8.21. The van der Waals surface area contributed by atoms with Crippen molar-refractivity contribution in [1.82, 2.24) is 14.1 Å². The summed E-state index contributed by atoms with van der Waals surface area (Å²) in [5.41, 5.74) is 1.36. The largest absolute Gasteiger partial charge is 0.339 e. The molecule has 0 N–H and O–H groups in total. The van der Waals surface area contributed by atoms with Gasteiger partial charge in [0.2, 0.25) is 15.9 Å². The van der Waals surface area contributed by atoms with Crippen LogP contribution in [0.3, 0.4) is 0 Å². The zero-order valence-electron chi connectivity index (χ0n) is 18.4. The van der Waals surface area contributed by atoms with Crippen LogP contribution in [0.5, 0.6) is 0 Å². The topological polar surface area (TPSA) is 60.9 Å². The highest BCUT2D eigenvalue weighted by Crippen LogP contribution is 2.35. The molecule has 4 rings (SSSR count). The molecule has 172 valence electrons. The smallest absolute Gasteiger partial charge is 0.236 e. The summed E-state index contributed by atoms with van der Waals surface area (Å²) in [7, 11) is -3.42. The molecular formula is C24H30FN3O3S. The SMILES string of the molecule is CC(c1ccccc1F)N(CC(=O)N1CCN(S(=O)(=O)Cc2ccccc2)CC1)C1CC1. The molecule has 1 atom stereocenters. The highest BCUT2D eigenvalue weighted by Gasteiger charge is 2.36. The van der Waals surface area contributed by atoms with Crippen LogP contribution >= 0.6 is 0 Å². The van der Waals surface area contributed by atoms with Gasteiger partial charge in [0.1, 0.15) is 5.82 Å². The number of carbonyl (C=O) groups excluding carboxylic acids is 1. The van der Waals surface area contributed by atoms with Crippen LogP contribution in [0.1, 0.15) is 36.9 Å². The average Bonchev–Trinajstić information content (AvgIpc) is 3.63. The Morgan fingerprint density at radius 1 is 1.03 bits per heavy atom. The number of benzene rings is 2. The van der Waals surface area contributed by atoms with Crippen molar-refractivity contribution in [2.45, 2.75) is 37.6 Å². The van der Waals surface area contributed by atoms with Crippen molar-refractivity contribution in [1.29, 1.82) is 0 Å². The van der Waals surface area contributed by atoms with E-state index in [0.717, 1.165) is 18.4 Å².